The number of aryl methyl sites for hydroxylation is 1. The minimum atomic E-state index is -2.61. The minimum Gasteiger partial charge on any atom is -0.440 e. The first-order chi connectivity index (χ1) is 17.8. The first kappa shape index (κ1) is 25.9. The maximum atomic E-state index is 13.2. The molecular formula is C32H39NO3Si. The topological polar surface area (TPSA) is 38.8 Å². The van der Waals surface area contributed by atoms with Crippen LogP contribution in [0.3, 0.4) is 0 Å². The van der Waals surface area contributed by atoms with Gasteiger partial charge in [-0.25, -0.2) is 4.79 Å². The van der Waals surface area contributed by atoms with Crippen LogP contribution < -0.4 is 10.4 Å². The van der Waals surface area contributed by atoms with Crippen LogP contribution in [0.5, 0.6) is 0 Å². The summed E-state index contributed by atoms with van der Waals surface area (Å²) in [6.45, 7) is 10.5. The molecule has 0 aromatic heterocycles. The normalized spacial score (nSPS) is 22.1. The van der Waals surface area contributed by atoms with Gasteiger partial charge in [-0.2, -0.15) is 0 Å². The molecule has 0 unspecified atom stereocenters. The molecule has 3 aromatic carbocycles. The Bertz CT molecular complexity index is 1180. The SMILES string of the molecule is Cc1ccccc1C(=O)O[C@@]12CCCN1[C@H](CO[Si](c1ccccc1)(c1ccccc1)C(C)(C)C)CC2. The highest BCUT2D eigenvalue weighted by molar-refractivity contribution is 6.99. The maximum absolute atomic E-state index is 13.2. The average Bonchev–Trinajstić information content (AvgIpc) is 3.44. The lowest BCUT2D eigenvalue weighted by molar-refractivity contribution is -0.0877. The lowest BCUT2D eigenvalue weighted by Gasteiger charge is -2.44. The Morgan fingerprint density at radius 1 is 0.919 bits per heavy atom. The van der Waals surface area contributed by atoms with Crippen LogP contribution in [0.25, 0.3) is 0 Å². The van der Waals surface area contributed by atoms with Crippen molar-refractivity contribution in [2.75, 3.05) is 13.2 Å². The first-order valence-electron chi connectivity index (χ1n) is 13.6. The number of hydrogen-bond acceptors (Lipinski definition) is 4. The van der Waals surface area contributed by atoms with Gasteiger partial charge in [-0.15, -0.1) is 0 Å². The zero-order valence-electron chi connectivity index (χ0n) is 22.6. The Hall–Kier alpha value is -2.73. The standard InChI is InChI=1S/C32H39NO3Si/c1-25-14-11-12-19-29(25)30(34)36-32-21-13-23-33(32)26(20-22-32)24-35-37(31(2,3)4,27-15-7-5-8-16-27)28-17-9-6-10-18-28/h5-12,14-19,26H,13,20-24H2,1-4H3/t26-,32+/m0/s1. The second-order valence-electron chi connectivity index (χ2n) is 11.6. The van der Waals surface area contributed by atoms with Crippen molar-refractivity contribution in [1.29, 1.82) is 0 Å². The lowest BCUT2D eigenvalue weighted by Crippen LogP contribution is -2.67. The number of esters is 1. The number of hydrogen-bond donors (Lipinski definition) is 0. The summed E-state index contributed by atoms with van der Waals surface area (Å²) >= 11 is 0. The van der Waals surface area contributed by atoms with Crippen LogP contribution in [0.2, 0.25) is 5.04 Å². The van der Waals surface area contributed by atoms with Gasteiger partial charge in [0.2, 0.25) is 0 Å². The van der Waals surface area contributed by atoms with Gasteiger partial charge in [-0.1, -0.05) is 99.6 Å². The van der Waals surface area contributed by atoms with Gasteiger partial charge in [-0.05, 0) is 46.8 Å². The number of ether oxygens (including phenoxy) is 1. The maximum Gasteiger partial charge on any atom is 0.340 e. The molecule has 194 valence electrons. The van der Waals surface area contributed by atoms with Crippen LogP contribution in [-0.2, 0) is 9.16 Å². The van der Waals surface area contributed by atoms with Gasteiger partial charge in [0.25, 0.3) is 8.32 Å². The molecular weight excluding hydrogens is 474 g/mol. The summed E-state index contributed by atoms with van der Waals surface area (Å²) in [5.74, 6) is -0.210. The zero-order valence-corrected chi connectivity index (χ0v) is 23.6. The van der Waals surface area contributed by atoms with E-state index >= 15 is 0 Å². The largest absolute Gasteiger partial charge is 0.440 e. The summed E-state index contributed by atoms with van der Waals surface area (Å²) < 4.78 is 13.6. The van der Waals surface area contributed by atoms with Crippen molar-refractivity contribution in [1.82, 2.24) is 4.90 Å². The number of nitrogens with zero attached hydrogens (tertiary/aromatic N) is 1. The van der Waals surface area contributed by atoms with Gasteiger partial charge in [0.05, 0.1) is 12.2 Å². The molecule has 0 amide bonds. The van der Waals surface area contributed by atoms with Gasteiger partial charge in [0, 0.05) is 25.4 Å². The molecule has 3 aromatic rings. The molecule has 2 atom stereocenters. The summed E-state index contributed by atoms with van der Waals surface area (Å²) in [7, 11) is -2.61. The van der Waals surface area contributed by atoms with Gasteiger partial charge >= 0.3 is 5.97 Å². The smallest absolute Gasteiger partial charge is 0.340 e. The van der Waals surface area contributed by atoms with Gasteiger partial charge in [-0.3, -0.25) is 4.90 Å². The summed E-state index contributed by atoms with van der Waals surface area (Å²) in [6.07, 6.45) is 3.76. The Kier molecular flexibility index (Phi) is 7.14. The molecule has 4 nitrogen and oxygen atoms in total. The third-order valence-corrected chi connectivity index (χ3v) is 13.4. The van der Waals surface area contributed by atoms with E-state index in [4.69, 9.17) is 9.16 Å². The fraction of sp³-hybridized carbons (Fsp3) is 0.406. The van der Waals surface area contributed by atoms with Crippen molar-refractivity contribution in [2.45, 2.75) is 70.2 Å². The second kappa shape index (κ2) is 10.2. The molecule has 2 fully saturated rings. The highest BCUT2D eigenvalue weighted by Crippen LogP contribution is 2.45. The predicted molar refractivity (Wildman–Crippen MR) is 152 cm³/mol. The molecule has 0 aliphatic carbocycles. The van der Waals surface area contributed by atoms with E-state index in [0.29, 0.717) is 12.2 Å². The van der Waals surface area contributed by atoms with Crippen LogP contribution in [0.4, 0.5) is 0 Å². The van der Waals surface area contributed by atoms with Crippen molar-refractivity contribution in [3.05, 3.63) is 96.1 Å². The molecule has 2 aliphatic heterocycles. The van der Waals surface area contributed by atoms with E-state index < -0.39 is 14.0 Å². The second-order valence-corrected chi connectivity index (χ2v) is 15.9. The van der Waals surface area contributed by atoms with E-state index in [1.165, 1.54) is 10.4 Å². The monoisotopic (exact) mass is 513 g/mol. The van der Waals surface area contributed by atoms with E-state index in [-0.39, 0.29) is 17.0 Å². The van der Waals surface area contributed by atoms with E-state index in [2.05, 4.69) is 86.3 Å². The molecule has 5 rings (SSSR count). The van der Waals surface area contributed by atoms with E-state index in [1.54, 1.807) is 0 Å². The third-order valence-electron chi connectivity index (χ3n) is 8.36. The van der Waals surface area contributed by atoms with Crippen LogP contribution in [0.15, 0.2) is 84.9 Å². The van der Waals surface area contributed by atoms with Gasteiger partial charge < -0.3 is 9.16 Å². The van der Waals surface area contributed by atoms with Crippen LogP contribution >= 0.6 is 0 Å². The third kappa shape index (κ3) is 4.69. The molecule has 0 saturated carbocycles. The molecule has 2 saturated heterocycles. The van der Waals surface area contributed by atoms with E-state index in [0.717, 1.165) is 37.8 Å². The summed E-state index contributed by atoms with van der Waals surface area (Å²) in [5, 5.41) is 2.53. The van der Waals surface area contributed by atoms with Crippen molar-refractivity contribution in [2.24, 2.45) is 0 Å². The average molecular weight is 514 g/mol. The van der Waals surface area contributed by atoms with Crippen LogP contribution in [0.1, 0.15) is 62.4 Å². The zero-order chi connectivity index (χ0) is 26.1. The van der Waals surface area contributed by atoms with Crippen molar-refractivity contribution in [3.63, 3.8) is 0 Å². The van der Waals surface area contributed by atoms with E-state index in [1.807, 2.05) is 31.2 Å². The highest BCUT2D eigenvalue weighted by atomic mass is 28.4. The molecule has 2 aliphatic rings. The number of benzene rings is 3. The Morgan fingerprint density at radius 3 is 2.11 bits per heavy atom. The molecule has 0 spiro atoms. The molecule has 0 bridgehead atoms. The predicted octanol–water partition coefficient (Wildman–Crippen LogP) is 5.68. The molecule has 0 radical (unpaired) electrons. The Balaban J connectivity index is 1.42. The number of carbonyl (C=O) groups excluding carboxylic acids is 1. The van der Waals surface area contributed by atoms with Gasteiger partial charge in [0.1, 0.15) is 0 Å². The Labute approximate surface area is 222 Å². The van der Waals surface area contributed by atoms with Crippen LogP contribution in [-0.4, -0.2) is 44.1 Å². The molecule has 0 N–H and O–H groups in total. The summed E-state index contributed by atoms with van der Waals surface area (Å²) in [6, 6.07) is 29.5. The molecule has 37 heavy (non-hydrogen) atoms. The summed E-state index contributed by atoms with van der Waals surface area (Å²) in [5.41, 5.74) is 1.10. The number of fused-ring (bicyclic) bond motifs is 1. The number of rotatable bonds is 7. The molecule has 2 heterocycles. The quantitative estimate of drug-likeness (QED) is 0.301. The number of carbonyl (C=O) groups is 1. The molecule has 5 heteroatoms. The van der Waals surface area contributed by atoms with E-state index in [9.17, 15) is 4.79 Å². The van der Waals surface area contributed by atoms with Crippen molar-refractivity contribution in [3.8, 4) is 0 Å². The van der Waals surface area contributed by atoms with Gasteiger partial charge in [0.15, 0.2) is 5.72 Å². The lowest BCUT2D eigenvalue weighted by atomic mass is 10.1. The Morgan fingerprint density at radius 2 is 1.51 bits per heavy atom. The van der Waals surface area contributed by atoms with Crippen molar-refractivity contribution < 1.29 is 14.0 Å². The fourth-order valence-corrected chi connectivity index (χ4v) is 11.1. The van der Waals surface area contributed by atoms with Crippen LogP contribution in [0, 0.1) is 6.92 Å². The fourth-order valence-electron chi connectivity index (χ4n) is 6.55. The summed E-state index contributed by atoms with van der Waals surface area (Å²) in [4.78, 5) is 15.6. The van der Waals surface area contributed by atoms with Crippen molar-refractivity contribution >= 4 is 24.7 Å². The first-order valence-corrected chi connectivity index (χ1v) is 15.5. The highest BCUT2D eigenvalue weighted by Gasteiger charge is 2.55. The minimum absolute atomic E-state index is 0.0618.